The van der Waals surface area contributed by atoms with Crippen LogP contribution in [0.4, 0.5) is 5.69 Å². The van der Waals surface area contributed by atoms with Crippen LogP contribution in [0.15, 0.2) is 28.1 Å². The third kappa shape index (κ3) is 3.33. The summed E-state index contributed by atoms with van der Waals surface area (Å²) >= 11 is 5.04. The molecule has 0 radical (unpaired) electrons. The highest BCUT2D eigenvalue weighted by Gasteiger charge is 2.11. The van der Waals surface area contributed by atoms with Crippen LogP contribution in [0.1, 0.15) is 21.1 Å². The molecule has 0 aliphatic rings. The minimum absolute atomic E-state index is 0.272. The van der Waals surface area contributed by atoms with E-state index in [4.69, 9.17) is 5.11 Å². The molecule has 1 N–H and O–H groups in total. The van der Waals surface area contributed by atoms with Gasteiger partial charge in [-0.15, -0.1) is 11.3 Å². The van der Waals surface area contributed by atoms with Gasteiger partial charge in [-0.05, 0) is 41.1 Å². The van der Waals surface area contributed by atoms with Gasteiger partial charge >= 0.3 is 5.97 Å². The number of carboxylic acid groups (broad SMARTS) is 1. The Kier molecular flexibility index (Phi) is 4.21. The molecule has 0 aliphatic carbocycles. The lowest BCUT2D eigenvalue weighted by molar-refractivity contribution is 0.0697. The largest absolute Gasteiger partial charge is 0.478 e. The molecule has 2 rings (SSSR count). The van der Waals surface area contributed by atoms with E-state index < -0.39 is 5.97 Å². The zero-order valence-electron chi connectivity index (χ0n) is 10.6. The van der Waals surface area contributed by atoms with Gasteiger partial charge in [-0.25, -0.2) is 9.78 Å². The molecule has 0 atom stereocenters. The van der Waals surface area contributed by atoms with Crippen LogP contribution in [-0.2, 0) is 6.54 Å². The van der Waals surface area contributed by atoms with Gasteiger partial charge in [0.05, 0.1) is 28.5 Å². The van der Waals surface area contributed by atoms with Crippen LogP contribution in [0.3, 0.4) is 0 Å². The summed E-state index contributed by atoms with van der Waals surface area (Å²) in [5, 5.41) is 12.0. The second-order valence-electron chi connectivity index (χ2n) is 4.19. The SMILES string of the molecule is Cc1nc(CN(C)c2ccc(C(=O)O)cc2Br)cs1. The highest BCUT2D eigenvalue weighted by atomic mass is 79.9. The first-order valence-electron chi connectivity index (χ1n) is 5.62. The van der Waals surface area contributed by atoms with E-state index in [0.29, 0.717) is 6.54 Å². The lowest BCUT2D eigenvalue weighted by Gasteiger charge is -2.20. The summed E-state index contributed by atoms with van der Waals surface area (Å²) in [7, 11) is 1.95. The minimum atomic E-state index is -0.926. The van der Waals surface area contributed by atoms with Gasteiger partial charge in [-0.2, -0.15) is 0 Å². The molecule has 2 aromatic rings. The molecule has 4 nitrogen and oxygen atoms in total. The number of carboxylic acids is 1. The monoisotopic (exact) mass is 340 g/mol. The van der Waals surface area contributed by atoms with E-state index in [0.717, 1.165) is 20.9 Å². The fraction of sp³-hybridized carbons (Fsp3) is 0.231. The molecule has 1 aromatic carbocycles. The molecule has 1 heterocycles. The summed E-state index contributed by atoms with van der Waals surface area (Å²) in [6, 6.07) is 5.01. The standard InChI is InChI=1S/C13H13BrN2O2S/c1-8-15-10(7-19-8)6-16(2)12-4-3-9(13(17)18)5-11(12)14/h3-5,7H,6H2,1-2H3,(H,17,18). The third-order valence-corrected chi connectivity index (χ3v) is 4.13. The van der Waals surface area contributed by atoms with Gasteiger partial charge in [-0.1, -0.05) is 0 Å². The van der Waals surface area contributed by atoms with Crippen molar-refractivity contribution in [2.24, 2.45) is 0 Å². The number of aromatic nitrogens is 1. The van der Waals surface area contributed by atoms with Crippen molar-refractivity contribution in [3.05, 3.63) is 44.3 Å². The first-order valence-corrected chi connectivity index (χ1v) is 7.29. The second kappa shape index (κ2) is 5.71. The number of halogens is 1. The van der Waals surface area contributed by atoms with Crippen molar-refractivity contribution in [1.29, 1.82) is 0 Å². The molecule has 100 valence electrons. The van der Waals surface area contributed by atoms with Crippen LogP contribution >= 0.6 is 27.3 Å². The van der Waals surface area contributed by atoms with Crippen LogP contribution in [0.2, 0.25) is 0 Å². The van der Waals surface area contributed by atoms with Crippen molar-refractivity contribution in [1.82, 2.24) is 4.98 Å². The van der Waals surface area contributed by atoms with E-state index in [9.17, 15) is 4.79 Å². The average molecular weight is 341 g/mol. The summed E-state index contributed by atoms with van der Waals surface area (Å²) < 4.78 is 0.766. The average Bonchev–Trinajstić information content (AvgIpc) is 2.74. The van der Waals surface area contributed by atoms with Crippen molar-refractivity contribution < 1.29 is 9.90 Å². The lowest BCUT2D eigenvalue weighted by atomic mass is 10.2. The number of rotatable bonds is 4. The number of nitrogens with zero attached hydrogens (tertiary/aromatic N) is 2. The minimum Gasteiger partial charge on any atom is -0.478 e. The summed E-state index contributed by atoms with van der Waals surface area (Å²) in [6.07, 6.45) is 0. The molecule has 1 aromatic heterocycles. The topological polar surface area (TPSA) is 53.4 Å². The molecule has 0 amide bonds. The molecule has 0 saturated heterocycles. The van der Waals surface area contributed by atoms with E-state index >= 15 is 0 Å². The highest BCUT2D eigenvalue weighted by Crippen LogP contribution is 2.27. The van der Waals surface area contributed by atoms with Gasteiger partial charge in [0.15, 0.2) is 0 Å². The normalized spacial score (nSPS) is 10.5. The molecule has 0 bridgehead atoms. The van der Waals surface area contributed by atoms with Gasteiger partial charge in [0.2, 0.25) is 0 Å². The molecular formula is C13H13BrN2O2S. The van der Waals surface area contributed by atoms with Gasteiger partial charge in [0, 0.05) is 16.9 Å². The predicted molar refractivity (Wildman–Crippen MR) is 80.1 cm³/mol. The second-order valence-corrected chi connectivity index (χ2v) is 6.10. The van der Waals surface area contributed by atoms with Crippen molar-refractivity contribution in [3.63, 3.8) is 0 Å². The van der Waals surface area contributed by atoms with Crippen molar-refractivity contribution in [3.8, 4) is 0 Å². The Balaban J connectivity index is 2.19. The van der Waals surface area contributed by atoms with E-state index in [2.05, 4.69) is 20.9 Å². The maximum atomic E-state index is 10.9. The Morgan fingerprint density at radius 2 is 2.26 bits per heavy atom. The summed E-state index contributed by atoms with van der Waals surface area (Å²) in [4.78, 5) is 17.3. The van der Waals surface area contributed by atoms with E-state index in [1.54, 1.807) is 29.5 Å². The number of anilines is 1. The maximum absolute atomic E-state index is 10.9. The molecule has 0 saturated carbocycles. The fourth-order valence-electron chi connectivity index (χ4n) is 1.76. The van der Waals surface area contributed by atoms with Crippen LogP contribution in [-0.4, -0.2) is 23.1 Å². The lowest BCUT2D eigenvalue weighted by Crippen LogP contribution is -2.17. The molecule has 0 unspecified atom stereocenters. The third-order valence-electron chi connectivity index (χ3n) is 2.67. The Morgan fingerprint density at radius 3 is 2.79 bits per heavy atom. The Hall–Kier alpha value is -1.40. The van der Waals surface area contributed by atoms with Crippen LogP contribution in [0.5, 0.6) is 0 Å². The van der Waals surface area contributed by atoms with E-state index in [1.807, 2.05) is 24.3 Å². The summed E-state index contributed by atoms with van der Waals surface area (Å²) in [6.45, 7) is 2.67. The summed E-state index contributed by atoms with van der Waals surface area (Å²) in [5.41, 5.74) is 2.23. The molecule has 0 fully saturated rings. The zero-order valence-corrected chi connectivity index (χ0v) is 13.0. The van der Waals surface area contributed by atoms with Gasteiger partial charge in [-0.3, -0.25) is 0 Å². The first kappa shape index (κ1) is 14.0. The summed E-state index contributed by atoms with van der Waals surface area (Å²) in [5.74, 6) is -0.926. The number of hydrogen-bond acceptors (Lipinski definition) is 4. The number of thiazole rings is 1. The number of aryl methyl sites for hydroxylation is 1. The quantitative estimate of drug-likeness (QED) is 0.924. The molecule has 19 heavy (non-hydrogen) atoms. The Labute approximate surface area is 123 Å². The van der Waals surface area contributed by atoms with E-state index in [1.165, 1.54) is 0 Å². The molecule has 0 aliphatic heterocycles. The number of aromatic carboxylic acids is 1. The zero-order chi connectivity index (χ0) is 14.0. The van der Waals surface area contributed by atoms with E-state index in [-0.39, 0.29) is 5.56 Å². The fourth-order valence-corrected chi connectivity index (χ4v) is 3.04. The van der Waals surface area contributed by atoms with Gasteiger partial charge in [0.25, 0.3) is 0 Å². The van der Waals surface area contributed by atoms with Gasteiger partial charge in [0.1, 0.15) is 0 Å². The van der Waals surface area contributed by atoms with Crippen LogP contribution < -0.4 is 4.90 Å². The predicted octanol–water partition coefficient (Wildman–Crippen LogP) is 3.55. The Bertz CT molecular complexity index is 612. The number of benzene rings is 1. The van der Waals surface area contributed by atoms with Crippen LogP contribution in [0.25, 0.3) is 0 Å². The Morgan fingerprint density at radius 1 is 1.53 bits per heavy atom. The first-order chi connectivity index (χ1) is 8.97. The molecular weight excluding hydrogens is 328 g/mol. The van der Waals surface area contributed by atoms with Gasteiger partial charge < -0.3 is 10.0 Å². The highest BCUT2D eigenvalue weighted by molar-refractivity contribution is 9.10. The van der Waals surface area contributed by atoms with Crippen molar-refractivity contribution in [2.75, 3.05) is 11.9 Å². The maximum Gasteiger partial charge on any atom is 0.335 e. The molecule has 6 heteroatoms. The number of hydrogen-bond donors (Lipinski definition) is 1. The van der Waals surface area contributed by atoms with Crippen LogP contribution in [0, 0.1) is 6.92 Å². The van der Waals surface area contributed by atoms with Crippen molar-refractivity contribution in [2.45, 2.75) is 13.5 Å². The number of carbonyl (C=O) groups is 1. The molecule has 0 spiro atoms. The smallest absolute Gasteiger partial charge is 0.335 e. The van der Waals surface area contributed by atoms with Crippen molar-refractivity contribution >= 4 is 38.9 Å².